The number of ether oxygens (including phenoxy) is 2. The number of benzene rings is 1. The molecule has 1 amide bonds. The smallest absolute Gasteiger partial charge is 0.412 e. The van der Waals surface area contributed by atoms with Crippen LogP contribution in [0.25, 0.3) is 0 Å². The minimum absolute atomic E-state index is 0.312. The van der Waals surface area contributed by atoms with Crippen molar-refractivity contribution in [2.75, 3.05) is 24.5 Å². The first kappa shape index (κ1) is 21.4. The molecule has 1 saturated heterocycles. The Kier molecular flexibility index (Phi) is 5.48. The summed E-state index contributed by atoms with van der Waals surface area (Å²) in [5, 5.41) is 39.1. The van der Waals surface area contributed by atoms with E-state index in [1.807, 2.05) is 12.1 Å². The van der Waals surface area contributed by atoms with E-state index in [1.165, 1.54) is 35.4 Å². The molecule has 0 spiro atoms. The molecule has 0 aromatic heterocycles. The zero-order valence-corrected chi connectivity index (χ0v) is 17.5. The number of carbonyl (C=O) groups is 2. The number of aliphatic hydroxyl groups is 3. The van der Waals surface area contributed by atoms with Gasteiger partial charge < -0.3 is 39.7 Å². The lowest BCUT2D eigenvalue weighted by molar-refractivity contribution is -0.280. The molecule has 4 N–H and O–H groups in total. The molecule has 1 saturated carbocycles. The number of nitrogens with zero attached hydrogens (tertiary/aromatic N) is 2. The summed E-state index contributed by atoms with van der Waals surface area (Å²) < 4.78 is 10.4. The predicted molar refractivity (Wildman–Crippen MR) is 110 cm³/mol. The van der Waals surface area contributed by atoms with Crippen molar-refractivity contribution in [2.24, 2.45) is 5.92 Å². The van der Waals surface area contributed by atoms with Crippen LogP contribution >= 0.6 is 0 Å². The Morgan fingerprint density at radius 2 is 1.88 bits per heavy atom. The molecule has 5 rings (SSSR count). The lowest BCUT2D eigenvalue weighted by atomic mass is 9.82. The van der Waals surface area contributed by atoms with Crippen LogP contribution in [-0.2, 0) is 20.8 Å². The van der Waals surface area contributed by atoms with Crippen molar-refractivity contribution in [3.63, 3.8) is 0 Å². The van der Waals surface area contributed by atoms with Gasteiger partial charge in [-0.25, -0.2) is 9.59 Å². The summed E-state index contributed by atoms with van der Waals surface area (Å²) in [7, 11) is 0. The summed E-state index contributed by atoms with van der Waals surface area (Å²) >= 11 is 0. The van der Waals surface area contributed by atoms with Gasteiger partial charge in [-0.2, -0.15) is 0 Å². The molecule has 3 heterocycles. The van der Waals surface area contributed by atoms with Crippen LogP contribution in [0.2, 0.25) is 0 Å². The molecule has 0 bridgehead atoms. The minimum atomic E-state index is -1.84. The summed E-state index contributed by atoms with van der Waals surface area (Å²) in [5.74, 6) is -0.338. The number of hydrogen-bond donors (Lipinski definition) is 4. The second-order valence-electron chi connectivity index (χ2n) is 9.14. The summed E-state index contributed by atoms with van der Waals surface area (Å²) in [6, 6.07) is 6.21. The van der Waals surface area contributed by atoms with E-state index in [0.29, 0.717) is 31.5 Å². The van der Waals surface area contributed by atoms with E-state index in [0.717, 1.165) is 12.1 Å². The number of amides is 1. The Balaban J connectivity index is 1.34. The van der Waals surface area contributed by atoms with Crippen LogP contribution in [0.15, 0.2) is 18.2 Å². The zero-order valence-electron chi connectivity index (χ0n) is 17.5. The maximum Gasteiger partial charge on any atom is 0.412 e. The molecular formula is C22H28N2O8. The minimum Gasteiger partial charge on any atom is -0.479 e. The third kappa shape index (κ3) is 3.51. The Hall–Kier alpha value is -2.40. The summed E-state index contributed by atoms with van der Waals surface area (Å²) in [6.45, 7) is 2.30. The van der Waals surface area contributed by atoms with Gasteiger partial charge in [-0.05, 0) is 35.8 Å². The molecule has 32 heavy (non-hydrogen) atoms. The van der Waals surface area contributed by atoms with E-state index in [1.54, 1.807) is 0 Å². The van der Waals surface area contributed by atoms with E-state index < -0.39 is 42.8 Å². The third-order valence-electron chi connectivity index (χ3n) is 7.27. The van der Waals surface area contributed by atoms with Gasteiger partial charge in [0, 0.05) is 25.3 Å². The molecule has 10 nitrogen and oxygen atoms in total. The molecule has 10 heteroatoms. The van der Waals surface area contributed by atoms with Crippen LogP contribution in [0.3, 0.4) is 0 Å². The molecule has 7 atom stereocenters. The predicted octanol–water partition coefficient (Wildman–Crippen LogP) is 0.235. The lowest BCUT2D eigenvalue weighted by Gasteiger charge is -2.39. The van der Waals surface area contributed by atoms with Crippen LogP contribution in [0.5, 0.6) is 0 Å². The largest absolute Gasteiger partial charge is 0.479 e. The van der Waals surface area contributed by atoms with Gasteiger partial charge in [0.15, 0.2) is 6.10 Å². The van der Waals surface area contributed by atoms with Crippen molar-refractivity contribution >= 4 is 17.7 Å². The molecule has 1 aromatic rings. The average molecular weight is 448 g/mol. The molecule has 7 unspecified atom stereocenters. The molecule has 1 aromatic carbocycles. The van der Waals surface area contributed by atoms with Crippen LogP contribution < -0.4 is 4.90 Å². The summed E-state index contributed by atoms with van der Waals surface area (Å²) in [6.07, 6.45) is -6.08. The summed E-state index contributed by atoms with van der Waals surface area (Å²) in [5.41, 5.74) is 3.56. The number of rotatable bonds is 2. The van der Waals surface area contributed by atoms with Crippen molar-refractivity contribution in [2.45, 2.75) is 62.4 Å². The standard InChI is InChI=1S/C22H28N2O8/c25-16-17(26)19(20(28)29)31-21(18(16)27)32-22(30)24-8-7-23-9-11-3-1-5-13(11)14-6-2-4-12(10-24)15(14)23/h2,4,6,11,13,16-19,21,25-27H,1,3,5,7-10H2,(H,28,29). The fourth-order valence-electron chi connectivity index (χ4n) is 5.67. The number of aliphatic hydroxyl groups excluding tert-OH is 3. The van der Waals surface area contributed by atoms with Gasteiger partial charge in [0.05, 0.1) is 6.54 Å². The zero-order chi connectivity index (χ0) is 22.6. The first-order valence-corrected chi connectivity index (χ1v) is 11.1. The van der Waals surface area contributed by atoms with Gasteiger partial charge in [0.25, 0.3) is 0 Å². The number of carbonyl (C=O) groups excluding carboxylic acids is 1. The van der Waals surface area contributed by atoms with Gasteiger partial charge in [0.2, 0.25) is 6.29 Å². The Morgan fingerprint density at radius 1 is 1.06 bits per heavy atom. The van der Waals surface area contributed by atoms with Gasteiger partial charge in [-0.1, -0.05) is 24.6 Å². The second-order valence-corrected chi connectivity index (χ2v) is 9.14. The number of carboxylic acid groups (broad SMARTS) is 1. The molecule has 2 fully saturated rings. The van der Waals surface area contributed by atoms with Crippen molar-refractivity contribution in [1.82, 2.24) is 4.90 Å². The van der Waals surface area contributed by atoms with E-state index in [4.69, 9.17) is 9.47 Å². The highest BCUT2D eigenvalue weighted by Crippen LogP contribution is 2.49. The quantitative estimate of drug-likeness (QED) is 0.501. The van der Waals surface area contributed by atoms with Crippen molar-refractivity contribution in [1.29, 1.82) is 0 Å². The van der Waals surface area contributed by atoms with Gasteiger partial charge >= 0.3 is 12.1 Å². The maximum atomic E-state index is 12.9. The van der Waals surface area contributed by atoms with Crippen LogP contribution in [-0.4, -0.2) is 87.7 Å². The third-order valence-corrected chi connectivity index (χ3v) is 7.27. The first-order valence-electron chi connectivity index (χ1n) is 11.1. The number of anilines is 1. The van der Waals surface area contributed by atoms with Crippen LogP contribution in [0.4, 0.5) is 10.5 Å². The van der Waals surface area contributed by atoms with Crippen LogP contribution in [0, 0.1) is 5.92 Å². The normalized spacial score (nSPS) is 36.2. The summed E-state index contributed by atoms with van der Waals surface area (Å²) in [4.78, 5) is 28.1. The van der Waals surface area contributed by atoms with E-state index in [-0.39, 0.29) is 0 Å². The molecule has 1 aliphatic carbocycles. The Labute approximate surface area is 184 Å². The van der Waals surface area contributed by atoms with Gasteiger partial charge in [0.1, 0.15) is 18.3 Å². The lowest BCUT2D eigenvalue weighted by Crippen LogP contribution is -2.61. The molecular weight excluding hydrogens is 420 g/mol. The SMILES string of the molecule is O=C(O)C1OC(OC(=O)N2CCN3CC4CCCC4c4cccc(c43)C2)C(O)C(O)C1O. The van der Waals surface area contributed by atoms with Gasteiger partial charge in [-0.3, -0.25) is 0 Å². The monoisotopic (exact) mass is 448 g/mol. The second kappa shape index (κ2) is 8.18. The van der Waals surface area contributed by atoms with E-state index in [2.05, 4.69) is 11.0 Å². The van der Waals surface area contributed by atoms with Crippen molar-refractivity contribution in [3.05, 3.63) is 29.3 Å². The number of fused-ring (bicyclic) bond motifs is 2. The molecule has 0 radical (unpaired) electrons. The molecule has 3 aliphatic heterocycles. The first-order chi connectivity index (χ1) is 15.3. The Morgan fingerprint density at radius 3 is 2.66 bits per heavy atom. The highest BCUT2D eigenvalue weighted by Gasteiger charge is 2.49. The number of hydrogen-bond acceptors (Lipinski definition) is 8. The van der Waals surface area contributed by atoms with Crippen molar-refractivity contribution < 1.29 is 39.5 Å². The van der Waals surface area contributed by atoms with E-state index >= 15 is 0 Å². The highest BCUT2D eigenvalue weighted by atomic mass is 16.7. The average Bonchev–Trinajstić information content (AvgIpc) is 3.16. The number of aliphatic carboxylic acids is 1. The number of carboxylic acids is 1. The molecule has 4 aliphatic rings. The topological polar surface area (TPSA) is 140 Å². The van der Waals surface area contributed by atoms with Gasteiger partial charge in [-0.15, -0.1) is 0 Å². The molecule has 174 valence electrons. The Bertz CT molecular complexity index is 910. The number of para-hydroxylation sites is 1. The van der Waals surface area contributed by atoms with Crippen molar-refractivity contribution in [3.8, 4) is 0 Å². The fourth-order valence-corrected chi connectivity index (χ4v) is 5.67. The maximum absolute atomic E-state index is 12.9. The van der Waals surface area contributed by atoms with Crippen LogP contribution in [0.1, 0.15) is 36.3 Å². The van der Waals surface area contributed by atoms with E-state index in [9.17, 15) is 30.0 Å². The highest BCUT2D eigenvalue weighted by molar-refractivity contribution is 5.74. The fraction of sp³-hybridized carbons (Fsp3) is 0.636.